The first-order chi connectivity index (χ1) is 17.4. The fourth-order valence-corrected chi connectivity index (χ4v) is 5.22. The van der Waals surface area contributed by atoms with Crippen LogP contribution in [0.1, 0.15) is 53.6 Å². The lowest BCUT2D eigenvalue weighted by Gasteiger charge is -2.37. The largest absolute Gasteiger partial charge is 0.483 e. The topological polar surface area (TPSA) is 49.8 Å². The van der Waals surface area contributed by atoms with Gasteiger partial charge in [0.1, 0.15) is 6.10 Å². The minimum absolute atomic E-state index is 0.205. The molecule has 0 aliphatic carbocycles. The Morgan fingerprint density at radius 2 is 1.86 bits per heavy atom. The minimum atomic E-state index is -0.971. The van der Waals surface area contributed by atoms with E-state index in [4.69, 9.17) is 4.74 Å². The molecule has 1 N–H and O–H groups in total. The van der Waals surface area contributed by atoms with Crippen LogP contribution in [0.25, 0.3) is 10.8 Å². The molecule has 0 saturated heterocycles. The van der Waals surface area contributed by atoms with Crippen LogP contribution in [0.2, 0.25) is 0 Å². The van der Waals surface area contributed by atoms with Gasteiger partial charge in [0, 0.05) is 5.69 Å². The summed E-state index contributed by atoms with van der Waals surface area (Å²) in [4.78, 5) is 13.7. The molecule has 0 radical (unpaired) electrons. The maximum Gasteiger partial charge on any atom is 0.336 e. The number of rotatable bonds is 7. The van der Waals surface area contributed by atoms with Gasteiger partial charge in [0.15, 0.2) is 11.6 Å². The number of para-hydroxylation sites is 1. The van der Waals surface area contributed by atoms with Gasteiger partial charge < -0.3 is 14.7 Å². The van der Waals surface area contributed by atoms with E-state index in [1.807, 2.05) is 17.0 Å². The van der Waals surface area contributed by atoms with E-state index in [0.29, 0.717) is 23.7 Å². The molecule has 36 heavy (non-hydrogen) atoms. The van der Waals surface area contributed by atoms with Crippen LogP contribution in [0.5, 0.6) is 5.75 Å². The lowest BCUT2D eigenvalue weighted by Crippen LogP contribution is -2.37. The number of aryl methyl sites for hydroxylation is 1. The molecule has 0 fully saturated rings. The summed E-state index contributed by atoms with van der Waals surface area (Å²) in [5, 5.41) is 12.1. The third-order valence-corrected chi connectivity index (χ3v) is 7.19. The molecule has 4 nitrogen and oxygen atoms in total. The van der Waals surface area contributed by atoms with E-state index in [2.05, 4.69) is 49.4 Å². The molecular weight excluding hydrogens is 453 g/mol. The van der Waals surface area contributed by atoms with Gasteiger partial charge in [-0.2, -0.15) is 0 Å². The highest BCUT2D eigenvalue weighted by molar-refractivity contribution is 5.91. The van der Waals surface area contributed by atoms with Gasteiger partial charge in [-0.05, 0) is 78.3 Å². The standard InChI is InChI=1S/C31H30FNO3/c1-20(25-13-6-10-22-9-3-4-12-26(22)25)8-5-11-24-19-33(29-15-7-14-28(32)30(29)36-24)23-17-16-21(2)27(18-23)31(34)35/h3-4,6-7,9-10,12-18,20,24H,5,8,11,19H2,1-2H3,(H,34,35)/t20-,24?/m0/s1. The maximum atomic E-state index is 14.8. The predicted molar refractivity (Wildman–Crippen MR) is 142 cm³/mol. The van der Waals surface area contributed by atoms with Crippen LogP contribution in [-0.4, -0.2) is 23.7 Å². The molecule has 5 rings (SSSR count). The van der Waals surface area contributed by atoms with E-state index >= 15 is 0 Å². The summed E-state index contributed by atoms with van der Waals surface area (Å²) in [6.07, 6.45) is 2.49. The number of fused-ring (bicyclic) bond motifs is 2. The first-order valence-corrected chi connectivity index (χ1v) is 12.5. The normalized spacial score (nSPS) is 15.9. The number of hydrogen-bond acceptors (Lipinski definition) is 3. The Bertz CT molecular complexity index is 1410. The van der Waals surface area contributed by atoms with Crippen molar-refractivity contribution in [3.8, 4) is 5.75 Å². The van der Waals surface area contributed by atoms with Crippen molar-refractivity contribution in [3.63, 3.8) is 0 Å². The highest BCUT2D eigenvalue weighted by Gasteiger charge is 2.29. The average molecular weight is 484 g/mol. The molecule has 1 aliphatic rings. The van der Waals surface area contributed by atoms with Crippen LogP contribution in [0.3, 0.4) is 0 Å². The van der Waals surface area contributed by atoms with Crippen LogP contribution < -0.4 is 9.64 Å². The third kappa shape index (κ3) is 4.66. The van der Waals surface area contributed by atoms with E-state index < -0.39 is 11.8 Å². The minimum Gasteiger partial charge on any atom is -0.483 e. The SMILES string of the molecule is Cc1ccc(N2CC(CCC[C@H](C)c3cccc4ccccc34)Oc3c(F)cccc32)cc1C(=O)O. The molecule has 0 aromatic heterocycles. The van der Waals surface area contributed by atoms with E-state index in [1.54, 1.807) is 25.1 Å². The molecule has 0 bridgehead atoms. The number of benzene rings is 4. The summed E-state index contributed by atoms with van der Waals surface area (Å²) in [7, 11) is 0. The van der Waals surface area contributed by atoms with E-state index in [-0.39, 0.29) is 17.4 Å². The molecule has 4 aromatic carbocycles. The van der Waals surface area contributed by atoms with E-state index in [0.717, 1.165) is 24.9 Å². The zero-order chi connectivity index (χ0) is 25.2. The number of nitrogens with zero attached hydrogens (tertiary/aromatic N) is 1. The molecule has 0 spiro atoms. The summed E-state index contributed by atoms with van der Waals surface area (Å²) in [5.41, 5.74) is 3.63. The first-order valence-electron chi connectivity index (χ1n) is 12.5. The van der Waals surface area contributed by atoms with Crippen molar-refractivity contribution in [1.29, 1.82) is 0 Å². The Hall–Kier alpha value is -3.86. The Morgan fingerprint density at radius 3 is 2.69 bits per heavy atom. The third-order valence-electron chi connectivity index (χ3n) is 7.19. The van der Waals surface area contributed by atoms with E-state index in [9.17, 15) is 14.3 Å². The van der Waals surface area contributed by atoms with Crippen molar-refractivity contribution in [1.82, 2.24) is 0 Å². The summed E-state index contributed by atoms with van der Waals surface area (Å²) in [5.74, 6) is -0.763. The highest BCUT2D eigenvalue weighted by Crippen LogP contribution is 2.41. The van der Waals surface area contributed by atoms with Crippen molar-refractivity contribution in [3.05, 3.63) is 101 Å². The smallest absolute Gasteiger partial charge is 0.336 e. The number of halogens is 1. The predicted octanol–water partition coefficient (Wildman–Crippen LogP) is 7.86. The lowest BCUT2D eigenvalue weighted by atomic mass is 9.90. The second kappa shape index (κ2) is 10.0. The second-order valence-electron chi connectivity index (χ2n) is 9.64. The first kappa shape index (κ1) is 23.9. The van der Waals surface area contributed by atoms with Gasteiger partial charge >= 0.3 is 5.97 Å². The van der Waals surface area contributed by atoms with Gasteiger partial charge in [-0.3, -0.25) is 0 Å². The van der Waals surface area contributed by atoms with Crippen molar-refractivity contribution in [2.24, 2.45) is 0 Å². The van der Waals surface area contributed by atoms with Crippen LogP contribution in [-0.2, 0) is 0 Å². The van der Waals surface area contributed by atoms with E-state index in [1.165, 1.54) is 22.4 Å². The number of aromatic carboxylic acids is 1. The Labute approximate surface area is 211 Å². The van der Waals surface area contributed by atoms with Gasteiger partial charge in [-0.1, -0.05) is 61.5 Å². The Balaban J connectivity index is 1.34. The average Bonchev–Trinajstić information content (AvgIpc) is 2.88. The van der Waals surface area contributed by atoms with Crippen LogP contribution in [0.4, 0.5) is 15.8 Å². The van der Waals surface area contributed by atoms with Crippen molar-refractivity contribution >= 4 is 28.1 Å². The molecule has 1 aliphatic heterocycles. The molecule has 4 aromatic rings. The maximum absolute atomic E-state index is 14.8. The highest BCUT2D eigenvalue weighted by atomic mass is 19.1. The molecular formula is C31H30FNO3. The molecule has 1 unspecified atom stereocenters. The molecule has 2 atom stereocenters. The van der Waals surface area contributed by atoms with Crippen LogP contribution >= 0.6 is 0 Å². The number of carboxylic acids is 1. The number of ether oxygens (including phenoxy) is 1. The van der Waals surface area contributed by atoms with Crippen molar-refractivity contribution in [2.75, 3.05) is 11.4 Å². The molecule has 0 saturated carbocycles. The summed E-state index contributed by atoms with van der Waals surface area (Å²) >= 11 is 0. The zero-order valence-corrected chi connectivity index (χ0v) is 20.6. The monoisotopic (exact) mass is 483 g/mol. The van der Waals surface area contributed by atoms with Crippen molar-refractivity contribution < 1.29 is 19.0 Å². The van der Waals surface area contributed by atoms with Gasteiger partial charge in [-0.15, -0.1) is 0 Å². The fraction of sp³-hybridized carbons (Fsp3) is 0.258. The van der Waals surface area contributed by atoms with Gasteiger partial charge in [0.2, 0.25) is 0 Å². The second-order valence-corrected chi connectivity index (χ2v) is 9.64. The summed E-state index contributed by atoms with van der Waals surface area (Å²) < 4.78 is 20.9. The summed E-state index contributed by atoms with van der Waals surface area (Å²) in [6, 6.07) is 25.1. The molecule has 0 amide bonds. The molecule has 5 heteroatoms. The van der Waals surface area contributed by atoms with Gasteiger partial charge in [0.05, 0.1) is 17.8 Å². The number of anilines is 2. The Morgan fingerprint density at radius 1 is 1.08 bits per heavy atom. The summed E-state index contributed by atoms with van der Waals surface area (Å²) in [6.45, 7) is 4.56. The quantitative estimate of drug-likeness (QED) is 0.291. The van der Waals surface area contributed by atoms with Crippen molar-refractivity contribution in [2.45, 2.75) is 45.1 Å². The van der Waals surface area contributed by atoms with Gasteiger partial charge in [-0.25, -0.2) is 9.18 Å². The van der Waals surface area contributed by atoms with Gasteiger partial charge in [0.25, 0.3) is 0 Å². The van der Waals surface area contributed by atoms with Crippen LogP contribution in [0, 0.1) is 12.7 Å². The fourth-order valence-electron chi connectivity index (χ4n) is 5.22. The number of hydrogen-bond donors (Lipinski definition) is 1. The molecule has 184 valence electrons. The number of carboxylic acid groups (broad SMARTS) is 1. The lowest BCUT2D eigenvalue weighted by molar-refractivity contribution is 0.0696. The zero-order valence-electron chi connectivity index (χ0n) is 20.6. The molecule has 1 heterocycles. The Kier molecular flexibility index (Phi) is 6.64. The van der Waals surface area contributed by atoms with Crippen LogP contribution in [0.15, 0.2) is 78.9 Å². The number of carbonyl (C=O) groups is 1.